The average molecular weight is 381 g/mol. The minimum atomic E-state index is -0.579. The smallest absolute Gasteiger partial charge is 0.410 e. The standard InChI is InChI=1S/C20H29ClN2O3/c1-13(2)18(24)22-12-17(15-8-7-9-16(21)10-15)23(11-14(22)3)19(25)26-20(4,5)6/h7-10,13-14,17H,11-12H2,1-6H3/t14-,17?/m1/s1. The molecular weight excluding hydrogens is 352 g/mol. The molecule has 2 rings (SSSR count). The second kappa shape index (κ2) is 7.87. The molecule has 1 unspecified atom stereocenters. The monoisotopic (exact) mass is 380 g/mol. The lowest BCUT2D eigenvalue weighted by Crippen LogP contribution is -2.58. The molecule has 1 aliphatic rings. The van der Waals surface area contributed by atoms with Crippen LogP contribution in [0.5, 0.6) is 0 Å². The first kappa shape index (κ1) is 20.6. The number of benzene rings is 1. The number of amides is 2. The molecule has 0 aliphatic carbocycles. The van der Waals surface area contributed by atoms with E-state index in [1.807, 2.05) is 64.6 Å². The number of hydrogen-bond acceptors (Lipinski definition) is 3. The number of carbonyl (C=O) groups excluding carboxylic acids is 2. The van der Waals surface area contributed by atoms with Gasteiger partial charge >= 0.3 is 6.09 Å². The summed E-state index contributed by atoms with van der Waals surface area (Å²) in [6, 6.07) is 7.07. The maximum absolute atomic E-state index is 12.8. The zero-order chi connectivity index (χ0) is 19.6. The van der Waals surface area contributed by atoms with Crippen LogP contribution >= 0.6 is 11.6 Å². The molecule has 144 valence electrons. The minimum absolute atomic E-state index is 0.0761. The van der Waals surface area contributed by atoms with Crippen LogP contribution in [0.15, 0.2) is 24.3 Å². The zero-order valence-electron chi connectivity index (χ0n) is 16.5. The summed E-state index contributed by atoms with van der Waals surface area (Å²) in [5.41, 5.74) is 0.321. The Kier molecular flexibility index (Phi) is 6.22. The number of rotatable bonds is 2. The second-order valence-electron chi connectivity index (χ2n) is 8.20. The first-order valence-corrected chi connectivity index (χ1v) is 9.43. The highest BCUT2D eigenvalue weighted by atomic mass is 35.5. The van der Waals surface area contributed by atoms with E-state index in [0.29, 0.717) is 18.1 Å². The average Bonchev–Trinajstić information content (AvgIpc) is 2.52. The van der Waals surface area contributed by atoms with Crippen LogP contribution in [-0.4, -0.2) is 46.5 Å². The Morgan fingerprint density at radius 1 is 1.19 bits per heavy atom. The van der Waals surface area contributed by atoms with Crippen LogP contribution in [0.4, 0.5) is 4.79 Å². The highest BCUT2D eigenvalue weighted by molar-refractivity contribution is 6.30. The molecular formula is C20H29ClN2O3. The van der Waals surface area contributed by atoms with E-state index < -0.39 is 5.60 Å². The normalized spacial score (nSPS) is 21.1. The van der Waals surface area contributed by atoms with E-state index in [1.165, 1.54) is 0 Å². The zero-order valence-corrected chi connectivity index (χ0v) is 17.2. The van der Waals surface area contributed by atoms with Crippen LogP contribution in [0.25, 0.3) is 0 Å². The number of piperazine rings is 1. The fraction of sp³-hybridized carbons (Fsp3) is 0.600. The molecule has 0 N–H and O–H groups in total. The minimum Gasteiger partial charge on any atom is -0.444 e. The van der Waals surface area contributed by atoms with Gasteiger partial charge in [0.05, 0.1) is 6.04 Å². The number of halogens is 1. The summed E-state index contributed by atoms with van der Waals surface area (Å²) < 4.78 is 5.60. The molecule has 1 saturated heterocycles. The molecule has 0 bridgehead atoms. The van der Waals surface area contributed by atoms with Crippen molar-refractivity contribution in [3.05, 3.63) is 34.9 Å². The summed E-state index contributed by atoms with van der Waals surface area (Å²) in [4.78, 5) is 29.0. The second-order valence-corrected chi connectivity index (χ2v) is 8.63. The molecule has 0 aromatic heterocycles. The van der Waals surface area contributed by atoms with Gasteiger partial charge in [0, 0.05) is 30.1 Å². The van der Waals surface area contributed by atoms with Crippen LogP contribution < -0.4 is 0 Å². The van der Waals surface area contributed by atoms with Gasteiger partial charge in [0.2, 0.25) is 5.91 Å². The Morgan fingerprint density at radius 3 is 2.38 bits per heavy atom. The molecule has 2 atom stereocenters. The van der Waals surface area contributed by atoms with Crippen molar-refractivity contribution in [2.45, 2.75) is 59.2 Å². The van der Waals surface area contributed by atoms with Crippen molar-refractivity contribution >= 4 is 23.6 Å². The molecule has 1 fully saturated rings. The third-order valence-corrected chi connectivity index (χ3v) is 4.61. The summed E-state index contributed by atoms with van der Waals surface area (Å²) in [5.74, 6) is -0.00101. The Hall–Kier alpha value is -1.75. The van der Waals surface area contributed by atoms with E-state index in [1.54, 1.807) is 11.0 Å². The lowest BCUT2D eigenvalue weighted by molar-refractivity contribution is -0.140. The number of hydrogen-bond donors (Lipinski definition) is 0. The Bertz CT molecular complexity index is 669. The molecule has 1 heterocycles. The van der Waals surface area contributed by atoms with Gasteiger partial charge < -0.3 is 9.64 Å². The van der Waals surface area contributed by atoms with Crippen molar-refractivity contribution in [1.29, 1.82) is 0 Å². The first-order chi connectivity index (χ1) is 12.0. The maximum Gasteiger partial charge on any atom is 0.410 e. The van der Waals surface area contributed by atoms with Gasteiger partial charge in [0.25, 0.3) is 0 Å². The molecule has 1 aromatic rings. The summed E-state index contributed by atoms with van der Waals surface area (Å²) in [6.45, 7) is 12.1. The van der Waals surface area contributed by atoms with Gasteiger partial charge in [0.15, 0.2) is 0 Å². The Labute approximate surface area is 161 Å². The van der Waals surface area contributed by atoms with Gasteiger partial charge in [-0.25, -0.2) is 4.79 Å². The van der Waals surface area contributed by atoms with Crippen LogP contribution in [0.3, 0.4) is 0 Å². The summed E-state index contributed by atoms with van der Waals surface area (Å²) in [6.07, 6.45) is -0.369. The highest BCUT2D eigenvalue weighted by Crippen LogP contribution is 2.31. The topological polar surface area (TPSA) is 49.9 Å². The van der Waals surface area contributed by atoms with Gasteiger partial charge in [-0.3, -0.25) is 9.69 Å². The molecule has 0 spiro atoms. The number of nitrogens with zero attached hydrogens (tertiary/aromatic N) is 2. The van der Waals surface area contributed by atoms with Gasteiger partial charge in [-0.2, -0.15) is 0 Å². The van der Waals surface area contributed by atoms with Gasteiger partial charge in [0.1, 0.15) is 5.60 Å². The van der Waals surface area contributed by atoms with E-state index in [-0.39, 0.29) is 30.0 Å². The fourth-order valence-corrected chi connectivity index (χ4v) is 3.33. The van der Waals surface area contributed by atoms with Crippen molar-refractivity contribution in [2.75, 3.05) is 13.1 Å². The predicted molar refractivity (Wildman–Crippen MR) is 103 cm³/mol. The van der Waals surface area contributed by atoms with Crippen molar-refractivity contribution in [3.63, 3.8) is 0 Å². The van der Waals surface area contributed by atoms with Crippen LogP contribution in [-0.2, 0) is 9.53 Å². The maximum atomic E-state index is 12.8. The van der Waals surface area contributed by atoms with Gasteiger partial charge in [-0.05, 0) is 45.4 Å². The first-order valence-electron chi connectivity index (χ1n) is 9.05. The summed E-state index contributed by atoms with van der Waals surface area (Å²) in [7, 11) is 0. The largest absolute Gasteiger partial charge is 0.444 e. The Morgan fingerprint density at radius 2 is 1.85 bits per heavy atom. The molecule has 2 amide bonds. The van der Waals surface area contributed by atoms with Gasteiger partial charge in [-0.1, -0.05) is 37.6 Å². The van der Waals surface area contributed by atoms with E-state index in [2.05, 4.69) is 0 Å². The number of ether oxygens (including phenoxy) is 1. The van der Waals surface area contributed by atoms with E-state index in [4.69, 9.17) is 16.3 Å². The van der Waals surface area contributed by atoms with E-state index in [0.717, 1.165) is 5.56 Å². The van der Waals surface area contributed by atoms with Crippen molar-refractivity contribution < 1.29 is 14.3 Å². The number of carbonyl (C=O) groups is 2. The lowest BCUT2D eigenvalue weighted by atomic mass is 9.98. The molecule has 0 saturated carbocycles. The van der Waals surface area contributed by atoms with Crippen molar-refractivity contribution in [1.82, 2.24) is 9.80 Å². The highest BCUT2D eigenvalue weighted by Gasteiger charge is 2.39. The quantitative estimate of drug-likeness (QED) is 0.758. The third kappa shape index (κ3) is 4.91. The predicted octanol–water partition coefficient (Wildman–Crippen LogP) is 4.50. The van der Waals surface area contributed by atoms with Gasteiger partial charge in [-0.15, -0.1) is 0 Å². The van der Waals surface area contributed by atoms with E-state index >= 15 is 0 Å². The molecule has 26 heavy (non-hydrogen) atoms. The van der Waals surface area contributed by atoms with Crippen molar-refractivity contribution in [2.24, 2.45) is 5.92 Å². The molecule has 1 aliphatic heterocycles. The SMILES string of the molecule is CC(C)C(=O)N1CC(c2cccc(Cl)c2)N(C(=O)OC(C)(C)C)C[C@H]1C. The van der Waals surface area contributed by atoms with E-state index in [9.17, 15) is 9.59 Å². The van der Waals surface area contributed by atoms with Crippen LogP contribution in [0.1, 0.15) is 53.1 Å². The molecule has 0 radical (unpaired) electrons. The summed E-state index contributed by atoms with van der Waals surface area (Å²) >= 11 is 6.16. The van der Waals surface area contributed by atoms with Crippen LogP contribution in [0, 0.1) is 5.92 Å². The van der Waals surface area contributed by atoms with Crippen LogP contribution in [0.2, 0.25) is 5.02 Å². The molecule has 6 heteroatoms. The molecule has 1 aromatic carbocycles. The fourth-order valence-electron chi connectivity index (χ4n) is 3.14. The Balaban J connectivity index is 2.36. The molecule has 5 nitrogen and oxygen atoms in total. The summed E-state index contributed by atoms with van der Waals surface area (Å²) in [5, 5.41) is 0.604. The third-order valence-electron chi connectivity index (χ3n) is 4.38. The van der Waals surface area contributed by atoms with Crippen molar-refractivity contribution in [3.8, 4) is 0 Å². The lowest BCUT2D eigenvalue weighted by Gasteiger charge is -2.46.